The summed E-state index contributed by atoms with van der Waals surface area (Å²) in [6, 6.07) is -0.0545. The first-order chi connectivity index (χ1) is 6.64. The van der Waals surface area contributed by atoms with Crippen LogP contribution in [0.3, 0.4) is 0 Å². The van der Waals surface area contributed by atoms with Crippen molar-refractivity contribution >= 4 is 0 Å². The highest BCUT2D eigenvalue weighted by Crippen LogP contribution is 2.26. The second-order valence-electron chi connectivity index (χ2n) is 3.80. The number of ether oxygens (including phenoxy) is 2. The standard InChI is InChI=1S/C10H22N2O2/c1-4-13-10(14-5-2)6-7-12(3)8-9(10)11/h9H,4-8,11H2,1-3H3. The minimum atomic E-state index is -0.546. The Morgan fingerprint density at radius 3 is 2.36 bits per heavy atom. The fourth-order valence-corrected chi connectivity index (χ4v) is 1.99. The van der Waals surface area contributed by atoms with Gasteiger partial charge in [-0.05, 0) is 20.9 Å². The minimum absolute atomic E-state index is 0.0545. The first-order valence-electron chi connectivity index (χ1n) is 5.36. The number of likely N-dealkylation sites (N-methyl/N-ethyl adjacent to an activating group) is 1. The van der Waals surface area contributed by atoms with E-state index < -0.39 is 5.79 Å². The maximum Gasteiger partial charge on any atom is 0.185 e. The van der Waals surface area contributed by atoms with Crippen molar-refractivity contribution in [2.45, 2.75) is 32.1 Å². The Balaban J connectivity index is 2.64. The van der Waals surface area contributed by atoms with Crippen molar-refractivity contribution in [2.75, 3.05) is 33.4 Å². The summed E-state index contributed by atoms with van der Waals surface area (Å²) >= 11 is 0. The van der Waals surface area contributed by atoms with Crippen LogP contribution >= 0.6 is 0 Å². The predicted octanol–water partition coefficient (Wildman–Crippen LogP) is 0.419. The molecule has 1 fully saturated rings. The summed E-state index contributed by atoms with van der Waals surface area (Å²) in [5, 5.41) is 0. The Morgan fingerprint density at radius 2 is 1.93 bits per heavy atom. The van der Waals surface area contributed by atoms with Gasteiger partial charge in [-0.15, -0.1) is 0 Å². The number of nitrogens with zero attached hydrogens (tertiary/aromatic N) is 1. The van der Waals surface area contributed by atoms with Gasteiger partial charge in [-0.1, -0.05) is 0 Å². The SMILES string of the molecule is CCOC1(OCC)CCN(C)CC1N. The second-order valence-corrected chi connectivity index (χ2v) is 3.80. The Bertz CT molecular complexity index is 170. The summed E-state index contributed by atoms with van der Waals surface area (Å²) in [5.74, 6) is -0.546. The number of likely N-dealkylation sites (tertiary alicyclic amines) is 1. The number of nitrogens with two attached hydrogens (primary N) is 1. The van der Waals surface area contributed by atoms with E-state index >= 15 is 0 Å². The molecule has 0 aliphatic carbocycles. The van der Waals surface area contributed by atoms with E-state index in [2.05, 4.69) is 11.9 Å². The monoisotopic (exact) mass is 202 g/mol. The molecule has 4 heteroatoms. The molecule has 1 rings (SSSR count). The Hall–Kier alpha value is -0.160. The van der Waals surface area contributed by atoms with E-state index in [0.29, 0.717) is 13.2 Å². The first kappa shape index (κ1) is 11.9. The van der Waals surface area contributed by atoms with Crippen LogP contribution in [-0.2, 0) is 9.47 Å². The van der Waals surface area contributed by atoms with Gasteiger partial charge in [0.2, 0.25) is 0 Å². The highest BCUT2D eigenvalue weighted by Gasteiger charge is 2.42. The van der Waals surface area contributed by atoms with Crippen molar-refractivity contribution in [3.63, 3.8) is 0 Å². The fraction of sp³-hybridized carbons (Fsp3) is 1.00. The van der Waals surface area contributed by atoms with Gasteiger partial charge in [-0.3, -0.25) is 0 Å². The molecule has 4 nitrogen and oxygen atoms in total. The first-order valence-corrected chi connectivity index (χ1v) is 5.36. The summed E-state index contributed by atoms with van der Waals surface area (Å²) in [6.07, 6.45) is 0.854. The third kappa shape index (κ3) is 2.45. The normalized spacial score (nSPS) is 27.9. The number of hydrogen-bond acceptors (Lipinski definition) is 4. The van der Waals surface area contributed by atoms with Gasteiger partial charge in [0.15, 0.2) is 5.79 Å². The van der Waals surface area contributed by atoms with Crippen LogP contribution in [-0.4, -0.2) is 50.1 Å². The molecule has 0 aromatic carbocycles. The molecule has 0 aromatic heterocycles. The van der Waals surface area contributed by atoms with Crippen LogP contribution in [0.4, 0.5) is 0 Å². The number of rotatable bonds is 4. The van der Waals surface area contributed by atoms with Crippen molar-refractivity contribution in [3.05, 3.63) is 0 Å². The van der Waals surface area contributed by atoms with E-state index in [9.17, 15) is 0 Å². The molecular weight excluding hydrogens is 180 g/mol. The van der Waals surface area contributed by atoms with Gasteiger partial charge in [-0.25, -0.2) is 0 Å². The molecule has 0 bridgehead atoms. The summed E-state index contributed by atoms with van der Waals surface area (Å²) < 4.78 is 11.4. The molecule has 0 spiro atoms. The lowest BCUT2D eigenvalue weighted by molar-refractivity contribution is -0.261. The summed E-state index contributed by atoms with van der Waals surface area (Å²) in [7, 11) is 2.07. The largest absolute Gasteiger partial charge is 0.349 e. The quantitative estimate of drug-likeness (QED) is 0.671. The van der Waals surface area contributed by atoms with E-state index in [1.54, 1.807) is 0 Å². The molecule has 1 atom stereocenters. The molecule has 84 valence electrons. The van der Waals surface area contributed by atoms with Crippen molar-refractivity contribution < 1.29 is 9.47 Å². The summed E-state index contributed by atoms with van der Waals surface area (Å²) in [5.41, 5.74) is 6.08. The van der Waals surface area contributed by atoms with E-state index in [4.69, 9.17) is 15.2 Å². The zero-order valence-electron chi connectivity index (χ0n) is 9.45. The predicted molar refractivity (Wildman–Crippen MR) is 56.1 cm³/mol. The van der Waals surface area contributed by atoms with Crippen LogP contribution in [0, 0.1) is 0 Å². The van der Waals surface area contributed by atoms with Crippen LogP contribution in [0.25, 0.3) is 0 Å². The van der Waals surface area contributed by atoms with Gasteiger partial charge in [0.05, 0.1) is 6.04 Å². The van der Waals surface area contributed by atoms with Crippen LogP contribution in [0.1, 0.15) is 20.3 Å². The zero-order valence-corrected chi connectivity index (χ0v) is 9.45. The Kier molecular flexibility index (Phi) is 4.31. The number of piperidine rings is 1. The summed E-state index contributed by atoms with van der Waals surface area (Å²) in [4.78, 5) is 2.21. The lowest BCUT2D eigenvalue weighted by atomic mass is 9.98. The van der Waals surface area contributed by atoms with E-state index in [-0.39, 0.29) is 6.04 Å². The van der Waals surface area contributed by atoms with Gasteiger partial charge >= 0.3 is 0 Å². The highest BCUT2D eigenvalue weighted by atomic mass is 16.7. The Labute approximate surface area is 86.3 Å². The maximum absolute atomic E-state index is 6.08. The van der Waals surface area contributed by atoms with Crippen molar-refractivity contribution in [2.24, 2.45) is 5.73 Å². The molecule has 1 unspecified atom stereocenters. The molecule has 2 N–H and O–H groups in total. The van der Waals surface area contributed by atoms with E-state index in [1.165, 1.54) is 0 Å². The second kappa shape index (κ2) is 5.07. The minimum Gasteiger partial charge on any atom is -0.349 e. The van der Waals surface area contributed by atoms with E-state index in [0.717, 1.165) is 19.5 Å². The number of hydrogen-bond donors (Lipinski definition) is 1. The lowest BCUT2D eigenvalue weighted by Gasteiger charge is -2.44. The van der Waals surface area contributed by atoms with Gasteiger partial charge < -0.3 is 20.1 Å². The maximum atomic E-state index is 6.08. The van der Waals surface area contributed by atoms with Gasteiger partial charge in [-0.2, -0.15) is 0 Å². The van der Waals surface area contributed by atoms with Crippen LogP contribution in [0.15, 0.2) is 0 Å². The van der Waals surface area contributed by atoms with Crippen LogP contribution in [0.2, 0.25) is 0 Å². The van der Waals surface area contributed by atoms with Gasteiger partial charge in [0.25, 0.3) is 0 Å². The third-order valence-electron chi connectivity index (χ3n) is 2.69. The zero-order chi connectivity index (χ0) is 10.6. The van der Waals surface area contributed by atoms with Crippen molar-refractivity contribution in [3.8, 4) is 0 Å². The van der Waals surface area contributed by atoms with Crippen LogP contribution in [0.5, 0.6) is 0 Å². The highest BCUT2D eigenvalue weighted by molar-refractivity contribution is 4.90. The molecular formula is C10H22N2O2. The molecule has 1 heterocycles. The summed E-state index contributed by atoms with van der Waals surface area (Å²) in [6.45, 7) is 7.07. The molecule has 0 radical (unpaired) electrons. The lowest BCUT2D eigenvalue weighted by Crippen LogP contribution is -2.61. The van der Waals surface area contributed by atoms with Gasteiger partial charge in [0.1, 0.15) is 0 Å². The third-order valence-corrected chi connectivity index (χ3v) is 2.69. The average Bonchev–Trinajstić information content (AvgIpc) is 2.13. The van der Waals surface area contributed by atoms with Crippen LogP contribution < -0.4 is 5.73 Å². The topological polar surface area (TPSA) is 47.7 Å². The molecule has 0 amide bonds. The molecule has 1 saturated heterocycles. The van der Waals surface area contributed by atoms with Crippen molar-refractivity contribution in [1.82, 2.24) is 4.90 Å². The molecule has 0 saturated carbocycles. The van der Waals surface area contributed by atoms with E-state index in [1.807, 2.05) is 13.8 Å². The average molecular weight is 202 g/mol. The van der Waals surface area contributed by atoms with Crippen molar-refractivity contribution in [1.29, 1.82) is 0 Å². The molecule has 1 aliphatic heterocycles. The Morgan fingerprint density at radius 1 is 1.36 bits per heavy atom. The molecule has 14 heavy (non-hydrogen) atoms. The fourth-order valence-electron chi connectivity index (χ4n) is 1.99. The smallest absolute Gasteiger partial charge is 0.185 e. The molecule has 1 aliphatic rings. The molecule has 0 aromatic rings. The van der Waals surface area contributed by atoms with Gasteiger partial charge in [0, 0.05) is 32.7 Å².